The SMILES string of the molecule is COC1(C(=O)NCc2ccc(C(=O)Nc3ccncc3)cc2)CCNCC1. The predicted octanol–water partition coefficient (Wildman–Crippen LogP) is 1.72. The zero-order chi connectivity index (χ0) is 19.1. The molecule has 0 spiro atoms. The molecule has 1 fully saturated rings. The molecule has 27 heavy (non-hydrogen) atoms. The molecule has 1 saturated heterocycles. The molecule has 2 heterocycles. The molecule has 0 unspecified atom stereocenters. The Balaban J connectivity index is 1.56. The van der Waals surface area contributed by atoms with Gasteiger partial charge in [0.2, 0.25) is 0 Å². The number of benzene rings is 1. The number of pyridine rings is 1. The van der Waals surface area contributed by atoms with Crippen molar-refractivity contribution in [3.05, 3.63) is 59.9 Å². The first-order valence-electron chi connectivity index (χ1n) is 8.97. The lowest BCUT2D eigenvalue weighted by Crippen LogP contribution is -2.53. The van der Waals surface area contributed by atoms with Gasteiger partial charge in [0.05, 0.1) is 0 Å². The highest BCUT2D eigenvalue weighted by molar-refractivity contribution is 6.04. The summed E-state index contributed by atoms with van der Waals surface area (Å²) >= 11 is 0. The number of anilines is 1. The second-order valence-electron chi connectivity index (χ2n) is 6.52. The number of ether oxygens (including phenoxy) is 1. The molecule has 0 bridgehead atoms. The second kappa shape index (κ2) is 8.75. The summed E-state index contributed by atoms with van der Waals surface area (Å²) in [6.07, 6.45) is 4.56. The summed E-state index contributed by atoms with van der Waals surface area (Å²) in [6, 6.07) is 10.6. The molecule has 0 aliphatic carbocycles. The number of nitrogens with zero attached hydrogens (tertiary/aromatic N) is 1. The van der Waals surface area contributed by atoms with Gasteiger partial charge in [0, 0.05) is 37.3 Å². The maximum Gasteiger partial charge on any atom is 0.255 e. The molecule has 1 aliphatic heterocycles. The summed E-state index contributed by atoms with van der Waals surface area (Å²) in [5.74, 6) is -0.282. The van der Waals surface area contributed by atoms with E-state index in [2.05, 4.69) is 20.9 Å². The van der Waals surface area contributed by atoms with Crippen LogP contribution in [0.1, 0.15) is 28.8 Å². The van der Waals surface area contributed by atoms with Crippen molar-refractivity contribution in [2.45, 2.75) is 25.0 Å². The molecule has 1 aliphatic rings. The van der Waals surface area contributed by atoms with Crippen LogP contribution in [-0.2, 0) is 16.1 Å². The van der Waals surface area contributed by atoms with Gasteiger partial charge in [0.25, 0.3) is 11.8 Å². The van der Waals surface area contributed by atoms with E-state index in [-0.39, 0.29) is 11.8 Å². The van der Waals surface area contributed by atoms with E-state index in [1.54, 1.807) is 43.8 Å². The predicted molar refractivity (Wildman–Crippen MR) is 102 cm³/mol. The highest BCUT2D eigenvalue weighted by Gasteiger charge is 2.39. The Hall–Kier alpha value is -2.77. The fourth-order valence-electron chi connectivity index (χ4n) is 3.11. The van der Waals surface area contributed by atoms with E-state index in [1.807, 2.05) is 12.1 Å². The molecule has 0 saturated carbocycles. The van der Waals surface area contributed by atoms with E-state index in [1.165, 1.54) is 0 Å². The fraction of sp³-hybridized carbons (Fsp3) is 0.350. The molecular weight excluding hydrogens is 344 g/mol. The minimum Gasteiger partial charge on any atom is -0.368 e. The molecule has 2 aromatic rings. The maximum atomic E-state index is 12.6. The lowest BCUT2D eigenvalue weighted by Gasteiger charge is -2.34. The number of hydrogen-bond acceptors (Lipinski definition) is 5. The van der Waals surface area contributed by atoms with Crippen LogP contribution in [0.3, 0.4) is 0 Å². The standard InChI is InChI=1S/C20H24N4O3/c1-27-20(8-12-22-13-9-20)19(26)23-14-15-2-4-16(5-3-15)18(25)24-17-6-10-21-11-7-17/h2-7,10-11,22H,8-9,12-14H2,1H3,(H,23,26)(H,21,24,25). The van der Waals surface area contributed by atoms with Crippen molar-refractivity contribution < 1.29 is 14.3 Å². The van der Waals surface area contributed by atoms with Crippen LogP contribution in [0.2, 0.25) is 0 Å². The van der Waals surface area contributed by atoms with Crippen LogP contribution in [0, 0.1) is 0 Å². The average molecular weight is 368 g/mol. The summed E-state index contributed by atoms with van der Waals surface area (Å²) in [5.41, 5.74) is 1.41. The maximum absolute atomic E-state index is 12.6. The average Bonchev–Trinajstić information content (AvgIpc) is 2.73. The lowest BCUT2D eigenvalue weighted by atomic mass is 9.91. The van der Waals surface area contributed by atoms with Crippen molar-refractivity contribution in [1.82, 2.24) is 15.6 Å². The Morgan fingerprint density at radius 3 is 2.41 bits per heavy atom. The summed E-state index contributed by atoms with van der Waals surface area (Å²) in [4.78, 5) is 28.7. The molecule has 1 aromatic carbocycles. The number of carbonyl (C=O) groups is 2. The zero-order valence-corrected chi connectivity index (χ0v) is 15.3. The highest BCUT2D eigenvalue weighted by Crippen LogP contribution is 2.22. The van der Waals surface area contributed by atoms with E-state index < -0.39 is 5.60 Å². The Labute approximate surface area is 158 Å². The first kappa shape index (κ1) is 19.0. The minimum absolute atomic E-state index is 0.0917. The number of hydrogen-bond donors (Lipinski definition) is 3. The van der Waals surface area contributed by atoms with Crippen molar-refractivity contribution in [1.29, 1.82) is 0 Å². The third kappa shape index (κ3) is 4.69. The molecule has 7 nitrogen and oxygen atoms in total. The Bertz CT molecular complexity index is 772. The molecule has 0 atom stereocenters. The summed E-state index contributed by atoms with van der Waals surface area (Å²) in [7, 11) is 1.58. The van der Waals surface area contributed by atoms with Crippen LogP contribution in [0.5, 0.6) is 0 Å². The summed E-state index contributed by atoms with van der Waals surface area (Å²) in [5, 5.41) is 9.00. The molecule has 3 rings (SSSR count). The van der Waals surface area contributed by atoms with Crippen molar-refractivity contribution in [3.8, 4) is 0 Å². The number of nitrogens with one attached hydrogen (secondary N) is 3. The van der Waals surface area contributed by atoms with Crippen LogP contribution in [0.4, 0.5) is 5.69 Å². The van der Waals surface area contributed by atoms with Gasteiger partial charge in [-0.3, -0.25) is 14.6 Å². The van der Waals surface area contributed by atoms with Crippen molar-refractivity contribution in [3.63, 3.8) is 0 Å². The minimum atomic E-state index is -0.754. The van der Waals surface area contributed by atoms with Gasteiger partial charge in [0.1, 0.15) is 5.60 Å². The summed E-state index contributed by atoms with van der Waals surface area (Å²) < 4.78 is 5.53. The van der Waals surface area contributed by atoms with Crippen LogP contribution >= 0.6 is 0 Å². The van der Waals surface area contributed by atoms with Crippen molar-refractivity contribution in [2.75, 3.05) is 25.5 Å². The third-order valence-corrected chi connectivity index (χ3v) is 4.82. The quantitative estimate of drug-likeness (QED) is 0.722. The second-order valence-corrected chi connectivity index (χ2v) is 6.52. The van der Waals surface area contributed by atoms with Gasteiger partial charge in [-0.2, -0.15) is 0 Å². The highest BCUT2D eigenvalue weighted by atomic mass is 16.5. The number of amides is 2. The molecule has 7 heteroatoms. The van der Waals surface area contributed by atoms with E-state index >= 15 is 0 Å². The van der Waals surface area contributed by atoms with E-state index in [0.29, 0.717) is 30.6 Å². The van der Waals surface area contributed by atoms with E-state index in [0.717, 1.165) is 18.7 Å². The molecule has 3 N–H and O–H groups in total. The van der Waals surface area contributed by atoms with Gasteiger partial charge < -0.3 is 20.7 Å². The smallest absolute Gasteiger partial charge is 0.255 e. The first-order valence-corrected chi connectivity index (χ1v) is 8.97. The number of methoxy groups -OCH3 is 1. The number of aromatic nitrogens is 1. The molecule has 0 radical (unpaired) electrons. The van der Waals surface area contributed by atoms with Crippen LogP contribution in [0.25, 0.3) is 0 Å². The fourth-order valence-corrected chi connectivity index (χ4v) is 3.11. The lowest BCUT2D eigenvalue weighted by molar-refractivity contribution is -0.146. The van der Waals surface area contributed by atoms with Crippen LogP contribution < -0.4 is 16.0 Å². The third-order valence-electron chi connectivity index (χ3n) is 4.82. The number of piperidine rings is 1. The van der Waals surface area contributed by atoms with Gasteiger partial charge in [-0.1, -0.05) is 12.1 Å². The molecule has 1 aromatic heterocycles. The normalized spacial score (nSPS) is 15.7. The molecular formula is C20H24N4O3. The monoisotopic (exact) mass is 368 g/mol. The van der Waals surface area contributed by atoms with Crippen LogP contribution in [0.15, 0.2) is 48.8 Å². The Morgan fingerprint density at radius 1 is 1.11 bits per heavy atom. The van der Waals surface area contributed by atoms with Gasteiger partial charge >= 0.3 is 0 Å². The van der Waals surface area contributed by atoms with Crippen molar-refractivity contribution >= 4 is 17.5 Å². The Kier molecular flexibility index (Phi) is 6.16. The zero-order valence-electron chi connectivity index (χ0n) is 15.3. The van der Waals surface area contributed by atoms with Gasteiger partial charge in [-0.25, -0.2) is 0 Å². The Morgan fingerprint density at radius 2 is 1.78 bits per heavy atom. The van der Waals surface area contributed by atoms with Gasteiger partial charge in [0.15, 0.2) is 0 Å². The first-order chi connectivity index (χ1) is 13.1. The summed E-state index contributed by atoms with van der Waals surface area (Å²) in [6.45, 7) is 1.93. The van der Waals surface area contributed by atoms with Gasteiger partial charge in [-0.05, 0) is 55.8 Å². The van der Waals surface area contributed by atoms with E-state index in [9.17, 15) is 9.59 Å². The largest absolute Gasteiger partial charge is 0.368 e. The number of carbonyl (C=O) groups excluding carboxylic acids is 2. The number of rotatable bonds is 6. The van der Waals surface area contributed by atoms with Gasteiger partial charge in [-0.15, -0.1) is 0 Å². The molecule has 142 valence electrons. The van der Waals surface area contributed by atoms with Crippen LogP contribution in [-0.4, -0.2) is 42.6 Å². The van der Waals surface area contributed by atoms with Crippen molar-refractivity contribution in [2.24, 2.45) is 0 Å². The topological polar surface area (TPSA) is 92.3 Å². The van der Waals surface area contributed by atoms with E-state index in [4.69, 9.17) is 4.74 Å². The molecule has 2 amide bonds.